The molecular formula is C18H20ClN3O4. The van der Waals surface area contributed by atoms with Crippen molar-refractivity contribution in [3.63, 3.8) is 0 Å². The normalized spacial score (nSPS) is 11.1. The molecule has 138 valence electrons. The summed E-state index contributed by atoms with van der Waals surface area (Å²) in [4.78, 5) is 36.7. The number of aromatic nitrogens is 1. The number of carbonyl (C=O) groups excluding carboxylic acids is 2. The summed E-state index contributed by atoms with van der Waals surface area (Å²) in [6, 6.07) is 7.37. The van der Waals surface area contributed by atoms with E-state index >= 15 is 0 Å². The van der Waals surface area contributed by atoms with Gasteiger partial charge in [0.2, 0.25) is 0 Å². The summed E-state index contributed by atoms with van der Waals surface area (Å²) in [5.74, 6) is -1.05. The number of hydrogen-bond donors (Lipinski definition) is 3. The van der Waals surface area contributed by atoms with Crippen molar-refractivity contribution in [3.05, 3.63) is 63.0 Å². The topological polar surface area (TPSA) is 100 Å². The fourth-order valence-electron chi connectivity index (χ4n) is 2.18. The van der Waals surface area contributed by atoms with E-state index in [4.69, 9.17) is 11.6 Å². The Hall–Kier alpha value is -2.64. The van der Waals surface area contributed by atoms with E-state index in [-0.39, 0.29) is 28.4 Å². The molecule has 0 aliphatic carbocycles. The minimum Gasteiger partial charge on any atom is -0.394 e. The molecule has 1 aromatic carbocycles. The van der Waals surface area contributed by atoms with Gasteiger partial charge >= 0.3 is 0 Å². The fraction of sp³-hybridized carbons (Fsp3) is 0.278. The van der Waals surface area contributed by atoms with Gasteiger partial charge < -0.3 is 20.3 Å². The second-order valence-corrected chi connectivity index (χ2v) is 6.95. The van der Waals surface area contributed by atoms with Gasteiger partial charge in [-0.25, -0.2) is 0 Å². The molecule has 0 saturated carbocycles. The number of anilines is 1. The van der Waals surface area contributed by atoms with Crippen LogP contribution in [0.3, 0.4) is 0 Å². The van der Waals surface area contributed by atoms with E-state index in [0.29, 0.717) is 0 Å². The van der Waals surface area contributed by atoms with E-state index in [9.17, 15) is 19.5 Å². The highest BCUT2D eigenvalue weighted by molar-refractivity contribution is 6.31. The zero-order valence-electron chi connectivity index (χ0n) is 14.7. The molecule has 2 aromatic rings. The van der Waals surface area contributed by atoms with Gasteiger partial charge in [-0.2, -0.15) is 0 Å². The van der Waals surface area contributed by atoms with Crippen LogP contribution in [-0.4, -0.2) is 33.6 Å². The lowest BCUT2D eigenvalue weighted by molar-refractivity contribution is 0.0868. The number of halogens is 1. The summed E-state index contributed by atoms with van der Waals surface area (Å²) in [6.45, 7) is 3.10. The number of aliphatic hydroxyl groups excluding tert-OH is 1. The van der Waals surface area contributed by atoms with Crippen molar-refractivity contribution in [1.82, 2.24) is 9.88 Å². The largest absolute Gasteiger partial charge is 0.394 e. The number of carbonyl (C=O) groups is 2. The average molecular weight is 378 g/mol. The van der Waals surface area contributed by atoms with Gasteiger partial charge in [0.05, 0.1) is 12.1 Å². The van der Waals surface area contributed by atoms with Crippen LogP contribution in [0.4, 0.5) is 5.69 Å². The van der Waals surface area contributed by atoms with E-state index in [1.807, 2.05) is 0 Å². The molecule has 0 spiro atoms. The maximum Gasteiger partial charge on any atom is 0.263 e. The Morgan fingerprint density at radius 2 is 1.92 bits per heavy atom. The first-order valence-corrected chi connectivity index (χ1v) is 8.22. The number of benzene rings is 1. The van der Waals surface area contributed by atoms with Crippen molar-refractivity contribution >= 4 is 29.1 Å². The van der Waals surface area contributed by atoms with Gasteiger partial charge in [0.25, 0.3) is 17.4 Å². The number of nitrogens with one attached hydrogen (secondary N) is 2. The van der Waals surface area contributed by atoms with Crippen molar-refractivity contribution in [2.45, 2.75) is 19.4 Å². The maximum absolute atomic E-state index is 12.4. The Morgan fingerprint density at radius 3 is 2.58 bits per heavy atom. The van der Waals surface area contributed by atoms with E-state index in [1.54, 1.807) is 33.2 Å². The highest BCUT2D eigenvalue weighted by Crippen LogP contribution is 2.20. The number of aliphatic hydroxyl groups is 1. The van der Waals surface area contributed by atoms with Crippen LogP contribution >= 0.6 is 11.6 Å². The molecule has 0 unspecified atom stereocenters. The molecule has 0 aliphatic rings. The van der Waals surface area contributed by atoms with Crippen LogP contribution in [-0.2, 0) is 7.05 Å². The predicted molar refractivity (Wildman–Crippen MR) is 99.7 cm³/mol. The fourth-order valence-corrected chi connectivity index (χ4v) is 2.42. The zero-order valence-corrected chi connectivity index (χ0v) is 15.4. The molecule has 3 N–H and O–H groups in total. The number of nitrogens with zero attached hydrogens (tertiary/aromatic N) is 1. The van der Waals surface area contributed by atoms with Crippen molar-refractivity contribution in [2.24, 2.45) is 7.05 Å². The van der Waals surface area contributed by atoms with Crippen LogP contribution in [0.5, 0.6) is 0 Å². The van der Waals surface area contributed by atoms with Crippen LogP contribution in [0.2, 0.25) is 5.02 Å². The Labute approximate surface area is 155 Å². The standard InChI is InChI=1S/C18H20ClN3O4/c1-18(2,10-23)21-15(24)11-7-12(19)9-13(8-11)20-16(25)14-5-4-6-22(3)17(14)26/h4-9,23H,10H2,1-3H3,(H,20,25)(H,21,24). The van der Waals surface area contributed by atoms with Crippen LogP contribution in [0.15, 0.2) is 41.3 Å². The smallest absolute Gasteiger partial charge is 0.263 e. The lowest BCUT2D eigenvalue weighted by Gasteiger charge is -2.23. The molecule has 1 aromatic heterocycles. The highest BCUT2D eigenvalue weighted by atomic mass is 35.5. The van der Waals surface area contributed by atoms with Crippen LogP contribution in [0.25, 0.3) is 0 Å². The quantitative estimate of drug-likeness (QED) is 0.739. The summed E-state index contributed by atoms with van der Waals surface area (Å²) >= 11 is 6.04. The van der Waals surface area contributed by atoms with Crippen molar-refractivity contribution < 1.29 is 14.7 Å². The van der Waals surface area contributed by atoms with E-state index < -0.39 is 22.9 Å². The molecule has 26 heavy (non-hydrogen) atoms. The third kappa shape index (κ3) is 4.71. The summed E-state index contributed by atoms with van der Waals surface area (Å²) in [7, 11) is 1.55. The SMILES string of the molecule is Cn1cccc(C(=O)Nc2cc(Cl)cc(C(=O)NC(C)(C)CO)c2)c1=O. The van der Waals surface area contributed by atoms with Gasteiger partial charge in [0.1, 0.15) is 5.56 Å². The Kier molecular flexibility index (Phi) is 5.84. The van der Waals surface area contributed by atoms with Crippen molar-refractivity contribution in [2.75, 3.05) is 11.9 Å². The van der Waals surface area contributed by atoms with E-state index in [2.05, 4.69) is 10.6 Å². The molecule has 0 aliphatic heterocycles. The lowest BCUT2D eigenvalue weighted by Crippen LogP contribution is -2.46. The van der Waals surface area contributed by atoms with Gasteiger partial charge in [0.15, 0.2) is 0 Å². The average Bonchev–Trinajstić information content (AvgIpc) is 2.56. The van der Waals surface area contributed by atoms with Crippen LogP contribution in [0, 0.1) is 0 Å². The third-order valence-corrected chi connectivity index (χ3v) is 3.85. The summed E-state index contributed by atoms with van der Waals surface area (Å²) in [5.41, 5.74) is -0.772. The number of aryl methyl sites for hydroxylation is 1. The zero-order chi connectivity index (χ0) is 19.5. The van der Waals surface area contributed by atoms with Crippen molar-refractivity contribution in [1.29, 1.82) is 0 Å². The molecule has 2 rings (SSSR count). The molecule has 8 heteroatoms. The van der Waals surface area contributed by atoms with Gasteiger partial charge in [0, 0.05) is 29.5 Å². The first kappa shape index (κ1) is 19.7. The molecule has 0 radical (unpaired) electrons. The van der Waals surface area contributed by atoms with Gasteiger partial charge in [-0.3, -0.25) is 14.4 Å². The second-order valence-electron chi connectivity index (χ2n) is 6.52. The van der Waals surface area contributed by atoms with E-state index in [0.717, 1.165) is 0 Å². The molecule has 7 nitrogen and oxygen atoms in total. The minimum atomic E-state index is -0.806. The Bertz CT molecular complexity index is 906. The maximum atomic E-state index is 12.4. The monoisotopic (exact) mass is 377 g/mol. The number of rotatable bonds is 5. The van der Waals surface area contributed by atoms with Crippen LogP contribution < -0.4 is 16.2 Å². The molecular weight excluding hydrogens is 358 g/mol. The molecule has 1 heterocycles. The Morgan fingerprint density at radius 1 is 1.23 bits per heavy atom. The Balaban J connectivity index is 2.27. The summed E-state index contributed by atoms with van der Waals surface area (Å²) < 4.78 is 1.29. The molecule has 0 fully saturated rings. The second kappa shape index (κ2) is 7.72. The first-order chi connectivity index (χ1) is 12.1. The van der Waals surface area contributed by atoms with Gasteiger partial charge in [-0.1, -0.05) is 11.6 Å². The molecule has 0 bridgehead atoms. The molecule has 2 amide bonds. The van der Waals surface area contributed by atoms with E-state index in [1.165, 1.54) is 28.8 Å². The number of pyridine rings is 1. The number of hydrogen-bond acceptors (Lipinski definition) is 4. The summed E-state index contributed by atoms with van der Waals surface area (Å²) in [6.07, 6.45) is 1.55. The highest BCUT2D eigenvalue weighted by Gasteiger charge is 2.21. The van der Waals surface area contributed by atoms with Gasteiger partial charge in [-0.05, 0) is 44.2 Å². The van der Waals surface area contributed by atoms with Crippen molar-refractivity contribution in [3.8, 4) is 0 Å². The number of amides is 2. The summed E-state index contributed by atoms with van der Waals surface area (Å²) in [5, 5.41) is 14.7. The van der Waals surface area contributed by atoms with Gasteiger partial charge in [-0.15, -0.1) is 0 Å². The first-order valence-electron chi connectivity index (χ1n) is 7.84. The predicted octanol–water partition coefficient (Wildman–Crippen LogP) is 1.79. The minimum absolute atomic E-state index is 0.0256. The van der Waals surface area contributed by atoms with Crippen LogP contribution in [0.1, 0.15) is 34.6 Å². The molecule has 0 saturated heterocycles. The lowest BCUT2D eigenvalue weighted by atomic mass is 10.1. The third-order valence-electron chi connectivity index (χ3n) is 3.63. The molecule has 0 atom stereocenters.